The minimum Gasteiger partial charge on any atom is -0.391 e. The van der Waals surface area contributed by atoms with Crippen molar-refractivity contribution < 1.29 is 19.4 Å². The monoisotopic (exact) mass is 487 g/mol. The van der Waals surface area contributed by atoms with Crippen LogP contribution in [0.3, 0.4) is 0 Å². The van der Waals surface area contributed by atoms with E-state index < -0.39 is 0 Å². The van der Waals surface area contributed by atoms with Gasteiger partial charge in [0.25, 0.3) is 0 Å². The largest absolute Gasteiger partial charge is 0.391 e. The molecule has 6 rings (SSSR count). The van der Waals surface area contributed by atoms with Gasteiger partial charge in [-0.2, -0.15) is 0 Å². The first-order valence-corrected chi connectivity index (χ1v) is 15.0. The van der Waals surface area contributed by atoms with Crippen molar-refractivity contribution in [3.05, 3.63) is 12.7 Å². The van der Waals surface area contributed by atoms with E-state index in [2.05, 4.69) is 31.4 Å². The maximum Gasteiger partial charge on any atom is 0.116 e. The number of likely N-dealkylation sites (tertiary alicyclic amines) is 1. The molecular formula is C30H51N2O3+. The molecule has 2 N–H and O–H groups in total. The second-order valence-corrected chi connectivity index (χ2v) is 14.0. The molecule has 0 spiro atoms. The number of morpholine rings is 1. The highest BCUT2D eigenvalue weighted by Gasteiger charge is 2.66. The van der Waals surface area contributed by atoms with Crippen LogP contribution in [0, 0.1) is 34.5 Å². The first-order chi connectivity index (χ1) is 16.8. The molecule has 4 aliphatic carbocycles. The number of quaternary nitrogens is 1. The van der Waals surface area contributed by atoms with Crippen LogP contribution < -0.4 is 0 Å². The summed E-state index contributed by atoms with van der Waals surface area (Å²) in [5.74, 6) is 2.78. The smallest absolute Gasteiger partial charge is 0.116 e. The summed E-state index contributed by atoms with van der Waals surface area (Å²) in [7, 11) is 0. The highest BCUT2D eigenvalue weighted by molar-refractivity contribution is 5.13. The van der Waals surface area contributed by atoms with E-state index in [1.54, 1.807) is 0 Å². The number of hydrogen-bond acceptors (Lipinski definition) is 4. The third-order valence-electron chi connectivity index (χ3n) is 12.8. The van der Waals surface area contributed by atoms with E-state index in [-0.39, 0.29) is 17.6 Å². The van der Waals surface area contributed by atoms with Crippen molar-refractivity contribution in [3.8, 4) is 0 Å². The molecule has 0 radical (unpaired) electrons. The number of aliphatic hydroxyl groups is 2. The summed E-state index contributed by atoms with van der Waals surface area (Å²) in [6, 6.07) is 0.684. The molecule has 0 amide bonds. The van der Waals surface area contributed by atoms with Gasteiger partial charge in [0.2, 0.25) is 0 Å². The first-order valence-electron chi connectivity index (χ1n) is 15.0. The maximum absolute atomic E-state index is 11.9. The fourth-order valence-corrected chi connectivity index (χ4v) is 10.9. The molecule has 0 unspecified atom stereocenters. The SMILES string of the molecule is C=CC[N+]1([C@H]2C[C@H]3[C@@H]4CC[C@H]5C[C@H](O)[C@@H](N6CCOCC6)C[C@]5(C)[C@H]4CC[C@]3(C)[C@H]2O)CCCC1. The number of hydrogen-bond donors (Lipinski definition) is 2. The fourth-order valence-electron chi connectivity index (χ4n) is 10.9. The fraction of sp³-hybridized carbons (Fsp3) is 0.933. The molecule has 2 heterocycles. The van der Waals surface area contributed by atoms with Crippen molar-refractivity contribution in [2.75, 3.05) is 45.9 Å². The Hall–Kier alpha value is -0.460. The molecule has 0 aromatic carbocycles. The second-order valence-electron chi connectivity index (χ2n) is 14.0. The Balaban J connectivity index is 1.26. The minimum atomic E-state index is -0.187. The Labute approximate surface area is 213 Å². The molecule has 0 bridgehead atoms. The molecular weight excluding hydrogens is 436 g/mol. The zero-order chi connectivity index (χ0) is 24.4. The van der Waals surface area contributed by atoms with Gasteiger partial charge in [0.1, 0.15) is 12.1 Å². The second kappa shape index (κ2) is 9.08. The van der Waals surface area contributed by atoms with Crippen molar-refractivity contribution in [2.24, 2.45) is 34.5 Å². The van der Waals surface area contributed by atoms with Crippen LogP contribution in [0.4, 0.5) is 0 Å². The molecule has 4 saturated carbocycles. The number of ether oxygens (including phenoxy) is 1. The van der Waals surface area contributed by atoms with Gasteiger partial charge in [-0.25, -0.2) is 0 Å². The van der Waals surface area contributed by atoms with Crippen LogP contribution in [0.2, 0.25) is 0 Å². The third kappa shape index (κ3) is 3.73. The Kier molecular flexibility index (Phi) is 6.45. The van der Waals surface area contributed by atoms with Crippen LogP contribution in [-0.2, 0) is 4.74 Å². The Morgan fingerprint density at radius 1 is 1.00 bits per heavy atom. The molecule has 6 fully saturated rings. The van der Waals surface area contributed by atoms with E-state index in [9.17, 15) is 10.2 Å². The van der Waals surface area contributed by atoms with E-state index in [0.717, 1.165) is 62.0 Å². The van der Waals surface area contributed by atoms with Crippen LogP contribution in [0.15, 0.2) is 12.7 Å². The van der Waals surface area contributed by atoms with Gasteiger partial charge in [0.15, 0.2) is 0 Å². The van der Waals surface area contributed by atoms with E-state index in [4.69, 9.17) is 4.74 Å². The lowest BCUT2D eigenvalue weighted by Gasteiger charge is -2.62. The van der Waals surface area contributed by atoms with Crippen LogP contribution >= 0.6 is 0 Å². The molecule has 0 aromatic rings. The number of rotatable bonds is 4. The Morgan fingerprint density at radius 2 is 1.74 bits per heavy atom. The van der Waals surface area contributed by atoms with Gasteiger partial charge in [-0.15, -0.1) is 0 Å². The first kappa shape index (κ1) is 24.9. The molecule has 10 atom stereocenters. The highest BCUT2D eigenvalue weighted by atomic mass is 16.5. The number of nitrogens with zero attached hydrogens (tertiary/aromatic N) is 2. The van der Waals surface area contributed by atoms with Crippen molar-refractivity contribution in [2.45, 2.75) is 95.9 Å². The van der Waals surface area contributed by atoms with E-state index in [1.165, 1.54) is 58.0 Å². The third-order valence-corrected chi connectivity index (χ3v) is 12.8. The van der Waals surface area contributed by atoms with Gasteiger partial charge in [-0.3, -0.25) is 4.90 Å². The van der Waals surface area contributed by atoms with Gasteiger partial charge in [0, 0.05) is 43.8 Å². The van der Waals surface area contributed by atoms with Crippen LogP contribution in [0.1, 0.15) is 71.6 Å². The predicted molar refractivity (Wildman–Crippen MR) is 139 cm³/mol. The van der Waals surface area contributed by atoms with Crippen molar-refractivity contribution in [3.63, 3.8) is 0 Å². The van der Waals surface area contributed by atoms with E-state index in [0.29, 0.717) is 29.3 Å². The average molecular weight is 488 g/mol. The summed E-state index contributed by atoms with van der Waals surface area (Å²) < 4.78 is 6.73. The van der Waals surface area contributed by atoms with Crippen LogP contribution in [-0.4, -0.2) is 89.8 Å². The van der Waals surface area contributed by atoms with Crippen LogP contribution in [0.5, 0.6) is 0 Å². The normalized spacial score (nSPS) is 51.9. The summed E-state index contributed by atoms with van der Waals surface area (Å²) in [4.78, 5) is 2.54. The van der Waals surface area contributed by atoms with E-state index in [1.807, 2.05) is 0 Å². The molecule has 6 aliphatic rings. The van der Waals surface area contributed by atoms with Gasteiger partial charge in [0.05, 0.1) is 39.0 Å². The van der Waals surface area contributed by atoms with Gasteiger partial charge in [-0.1, -0.05) is 20.4 Å². The standard InChI is InChI=1S/C30H51N2O3/c1-4-13-32(14-5-6-15-32)26-19-24-22-8-7-21-18-27(33)25(31-11-16-35-17-12-31)20-30(21,3)23(22)9-10-29(24,2)28(26)34/h4,21-28,33-34H,1,5-20H2,2-3H3/q+1/t21-,22+,23-,24-,25-,26-,27-,28-,29-,30-/m0/s1. The summed E-state index contributed by atoms with van der Waals surface area (Å²) >= 11 is 0. The zero-order valence-corrected chi connectivity index (χ0v) is 22.4. The molecule has 2 saturated heterocycles. The minimum absolute atomic E-state index is 0.0713. The molecule has 198 valence electrons. The van der Waals surface area contributed by atoms with Crippen molar-refractivity contribution >= 4 is 0 Å². The summed E-state index contributed by atoms with van der Waals surface area (Å²) in [6.45, 7) is 16.2. The van der Waals surface area contributed by atoms with Crippen molar-refractivity contribution in [1.29, 1.82) is 0 Å². The Bertz CT molecular complexity index is 792. The lowest BCUT2D eigenvalue weighted by atomic mass is 9.44. The maximum atomic E-state index is 11.9. The molecule has 35 heavy (non-hydrogen) atoms. The average Bonchev–Trinajstić information content (AvgIpc) is 3.43. The summed E-state index contributed by atoms with van der Waals surface area (Å²) in [5.41, 5.74) is 0.387. The molecule has 5 heteroatoms. The van der Waals surface area contributed by atoms with Crippen LogP contribution in [0.25, 0.3) is 0 Å². The quantitative estimate of drug-likeness (QED) is 0.467. The molecule has 5 nitrogen and oxygen atoms in total. The van der Waals surface area contributed by atoms with Gasteiger partial charge >= 0.3 is 0 Å². The predicted octanol–water partition coefficient (Wildman–Crippen LogP) is 3.84. The lowest BCUT2D eigenvalue weighted by Crippen LogP contribution is -2.61. The highest BCUT2D eigenvalue weighted by Crippen LogP contribution is 2.67. The van der Waals surface area contributed by atoms with Crippen molar-refractivity contribution in [1.82, 2.24) is 4.90 Å². The Morgan fingerprint density at radius 3 is 2.46 bits per heavy atom. The topological polar surface area (TPSA) is 52.9 Å². The molecule has 2 aliphatic heterocycles. The van der Waals surface area contributed by atoms with E-state index >= 15 is 0 Å². The molecule has 0 aromatic heterocycles. The number of fused-ring (bicyclic) bond motifs is 5. The van der Waals surface area contributed by atoms with Gasteiger partial charge in [-0.05, 0) is 73.7 Å². The lowest BCUT2D eigenvalue weighted by molar-refractivity contribution is -0.938. The van der Waals surface area contributed by atoms with Gasteiger partial charge < -0.3 is 19.4 Å². The summed E-state index contributed by atoms with van der Waals surface area (Å²) in [6.07, 6.45) is 12.7. The zero-order valence-electron chi connectivity index (χ0n) is 22.4. The summed E-state index contributed by atoms with van der Waals surface area (Å²) in [5, 5.41) is 23.1. The number of aliphatic hydroxyl groups excluding tert-OH is 2.